The minimum atomic E-state index is -3.58. The number of carbonyl (C=O) groups is 2. The third-order valence-electron chi connectivity index (χ3n) is 4.63. The molecule has 158 valence electrons. The first-order valence-electron chi connectivity index (χ1n) is 9.02. The molecule has 0 atom stereocenters. The number of non-ortho nitro benzene ring substituents is 1. The van der Waals surface area contributed by atoms with Crippen LogP contribution in [-0.2, 0) is 14.8 Å². The van der Waals surface area contributed by atoms with E-state index >= 15 is 0 Å². The highest BCUT2D eigenvalue weighted by atomic mass is 32.2. The fraction of sp³-hybridized carbons (Fsp3) is 0.263. The fourth-order valence-corrected chi connectivity index (χ4v) is 4.59. The lowest BCUT2D eigenvalue weighted by Crippen LogP contribution is -2.27. The number of sulfonamides is 1. The number of nitrogens with zero attached hydrogens (tertiary/aromatic N) is 2. The number of nitro benzene ring substituents is 1. The van der Waals surface area contributed by atoms with Crippen LogP contribution in [-0.4, -0.2) is 49.7 Å². The first-order chi connectivity index (χ1) is 14.2. The topological polar surface area (TPSA) is 136 Å². The summed E-state index contributed by atoms with van der Waals surface area (Å²) in [7, 11) is -2.45. The van der Waals surface area contributed by atoms with Crippen LogP contribution in [0.15, 0.2) is 47.4 Å². The molecule has 0 spiro atoms. The zero-order valence-electron chi connectivity index (χ0n) is 16.0. The molecule has 0 aliphatic carbocycles. The number of esters is 1. The Morgan fingerprint density at radius 3 is 2.23 bits per heavy atom. The first-order valence-corrected chi connectivity index (χ1v) is 10.5. The number of methoxy groups -OCH3 is 1. The Kier molecular flexibility index (Phi) is 6.13. The van der Waals surface area contributed by atoms with Crippen molar-refractivity contribution >= 4 is 33.3 Å². The van der Waals surface area contributed by atoms with Crippen LogP contribution in [0.4, 0.5) is 11.4 Å². The second-order valence-corrected chi connectivity index (χ2v) is 8.54. The van der Waals surface area contributed by atoms with E-state index < -0.39 is 32.5 Å². The van der Waals surface area contributed by atoms with Crippen molar-refractivity contribution in [2.75, 3.05) is 25.5 Å². The van der Waals surface area contributed by atoms with Gasteiger partial charge in [-0.05, 0) is 43.2 Å². The van der Waals surface area contributed by atoms with Gasteiger partial charge in [0.25, 0.3) is 11.6 Å². The molecule has 11 heteroatoms. The molecule has 0 radical (unpaired) electrons. The second kappa shape index (κ2) is 8.59. The quantitative estimate of drug-likeness (QED) is 0.420. The lowest BCUT2D eigenvalue weighted by molar-refractivity contribution is -0.384. The molecular formula is C19H19N3O7S. The van der Waals surface area contributed by atoms with E-state index in [1.807, 2.05) is 0 Å². The number of amides is 1. The molecule has 2 aromatic carbocycles. The highest BCUT2D eigenvalue weighted by molar-refractivity contribution is 7.89. The molecule has 1 heterocycles. The predicted molar refractivity (Wildman–Crippen MR) is 107 cm³/mol. The van der Waals surface area contributed by atoms with Crippen molar-refractivity contribution in [1.82, 2.24) is 4.31 Å². The maximum Gasteiger partial charge on any atom is 0.338 e. The number of ether oxygens (including phenoxy) is 1. The molecule has 10 nitrogen and oxygen atoms in total. The van der Waals surface area contributed by atoms with Gasteiger partial charge in [-0.15, -0.1) is 0 Å². The summed E-state index contributed by atoms with van der Waals surface area (Å²) in [5.74, 6) is -1.51. The van der Waals surface area contributed by atoms with Gasteiger partial charge in [0.2, 0.25) is 10.0 Å². The second-order valence-electron chi connectivity index (χ2n) is 6.61. The van der Waals surface area contributed by atoms with Crippen LogP contribution in [0.25, 0.3) is 0 Å². The molecule has 0 unspecified atom stereocenters. The van der Waals surface area contributed by atoms with Crippen molar-refractivity contribution in [2.45, 2.75) is 17.7 Å². The number of nitro groups is 1. The van der Waals surface area contributed by atoms with Crippen molar-refractivity contribution in [3.05, 3.63) is 63.7 Å². The number of benzene rings is 2. The Hall–Kier alpha value is -3.31. The lowest BCUT2D eigenvalue weighted by atomic mass is 10.1. The monoisotopic (exact) mass is 433 g/mol. The molecular weight excluding hydrogens is 414 g/mol. The summed E-state index contributed by atoms with van der Waals surface area (Å²) in [6.07, 6.45) is 1.65. The number of hydrogen-bond acceptors (Lipinski definition) is 7. The van der Waals surface area contributed by atoms with E-state index in [0.29, 0.717) is 18.8 Å². The molecule has 0 bridgehead atoms. The highest BCUT2D eigenvalue weighted by Gasteiger charge is 2.27. The SMILES string of the molecule is COC(=O)c1cc(C(=O)Nc2ccc(S(=O)(=O)N3CCCC3)cc2)cc([N+](=O)[O-])c1. The van der Waals surface area contributed by atoms with Crippen LogP contribution in [0.1, 0.15) is 33.6 Å². The van der Waals surface area contributed by atoms with Crippen LogP contribution in [0, 0.1) is 10.1 Å². The van der Waals surface area contributed by atoms with Crippen molar-refractivity contribution in [1.29, 1.82) is 0 Å². The van der Waals surface area contributed by atoms with Crippen LogP contribution in [0.2, 0.25) is 0 Å². The van der Waals surface area contributed by atoms with Crippen LogP contribution < -0.4 is 5.32 Å². The summed E-state index contributed by atoms with van der Waals surface area (Å²) in [5.41, 5.74) is -0.385. The van der Waals surface area contributed by atoms with Crippen LogP contribution >= 0.6 is 0 Å². The Labute approximate surface area is 172 Å². The Bertz CT molecular complexity index is 1090. The summed E-state index contributed by atoms with van der Waals surface area (Å²) in [5, 5.41) is 13.6. The van der Waals surface area contributed by atoms with Gasteiger partial charge in [-0.3, -0.25) is 14.9 Å². The van der Waals surface area contributed by atoms with E-state index in [1.54, 1.807) is 0 Å². The number of rotatable bonds is 6. The minimum absolute atomic E-state index is 0.113. The van der Waals surface area contributed by atoms with Crippen molar-refractivity contribution in [3.8, 4) is 0 Å². The molecule has 1 N–H and O–H groups in total. The van der Waals surface area contributed by atoms with E-state index in [9.17, 15) is 28.1 Å². The summed E-state index contributed by atoms with van der Waals surface area (Å²) in [6.45, 7) is 0.965. The summed E-state index contributed by atoms with van der Waals surface area (Å²) >= 11 is 0. The summed E-state index contributed by atoms with van der Waals surface area (Å²) in [6, 6.07) is 8.86. The molecule has 3 rings (SSSR count). The van der Waals surface area contributed by atoms with Crippen molar-refractivity contribution < 1.29 is 27.7 Å². The Morgan fingerprint density at radius 2 is 1.67 bits per heavy atom. The highest BCUT2D eigenvalue weighted by Crippen LogP contribution is 2.23. The van der Waals surface area contributed by atoms with E-state index in [4.69, 9.17) is 0 Å². The van der Waals surface area contributed by atoms with Gasteiger partial charge in [0.15, 0.2) is 0 Å². The van der Waals surface area contributed by atoms with Crippen LogP contribution in [0.3, 0.4) is 0 Å². The van der Waals surface area contributed by atoms with Gasteiger partial charge in [0.1, 0.15) is 0 Å². The van der Waals surface area contributed by atoms with Crippen LogP contribution in [0.5, 0.6) is 0 Å². The number of anilines is 1. The zero-order chi connectivity index (χ0) is 21.9. The number of carbonyl (C=O) groups excluding carboxylic acids is 2. The minimum Gasteiger partial charge on any atom is -0.465 e. The summed E-state index contributed by atoms with van der Waals surface area (Å²) < 4.78 is 31.1. The van der Waals surface area contributed by atoms with Gasteiger partial charge in [0.05, 0.1) is 22.5 Å². The maximum absolute atomic E-state index is 12.6. The third-order valence-corrected chi connectivity index (χ3v) is 6.54. The molecule has 0 saturated carbocycles. The summed E-state index contributed by atoms with van der Waals surface area (Å²) in [4.78, 5) is 34.7. The average Bonchev–Trinajstić information content (AvgIpc) is 3.29. The zero-order valence-corrected chi connectivity index (χ0v) is 16.8. The van der Waals surface area contributed by atoms with E-state index in [1.165, 1.54) is 34.6 Å². The molecule has 1 amide bonds. The fourth-order valence-electron chi connectivity index (χ4n) is 3.07. The standard InChI is InChI=1S/C19H19N3O7S/c1-29-19(24)14-10-13(11-16(12-14)22(25)26)18(23)20-15-4-6-17(7-5-15)30(27,28)21-8-2-3-9-21/h4-7,10-12H,2-3,8-9H2,1H3,(H,20,23). The average molecular weight is 433 g/mol. The molecule has 0 aromatic heterocycles. The largest absolute Gasteiger partial charge is 0.465 e. The molecule has 30 heavy (non-hydrogen) atoms. The maximum atomic E-state index is 12.6. The lowest BCUT2D eigenvalue weighted by Gasteiger charge is -2.15. The predicted octanol–water partition coefficient (Wildman–Crippen LogP) is 2.42. The number of hydrogen-bond donors (Lipinski definition) is 1. The smallest absolute Gasteiger partial charge is 0.338 e. The molecule has 1 fully saturated rings. The first kappa shape index (κ1) is 21.4. The number of nitrogens with one attached hydrogen (secondary N) is 1. The van der Waals surface area contributed by atoms with E-state index in [2.05, 4.69) is 10.1 Å². The molecule has 2 aromatic rings. The van der Waals surface area contributed by atoms with Gasteiger partial charge >= 0.3 is 5.97 Å². The van der Waals surface area contributed by atoms with Gasteiger partial charge < -0.3 is 10.1 Å². The van der Waals surface area contributed by atoms with Gasteiger partial charge in [-0.2, -0.15) is 4.31 Å². The van der Waals surface area contributed by atoms with Gasteiger partial charge in [0, 0.05) is 36.5 Å². The van der Waals surface area contributed by atoms with E-state index in [0.717, 1.165) is 32.1 Å². The van der Waals surface area contributed by atoms with Gasteiger partial charge in [-0.1, -0.05) is 0 Å². The normalized spacial score (nSPS) is 14.3. The Balaban J connectivity index is 1.81. The van der Waals surface area contributed by atoms with Gasteiger partial charge in [-0.25, -0.2) is 13.2 Å². The molecule has 1 aliphatic heterocycles. The van der Waals surface area contributed by atoms with E-state index in [-0.39, 0.29) is 16.0 Å². The van der Waals surface area contributed by atoms with Crippen molar-refractivity contribution in [3.63, 3.8) is 0 Å². The third kappa shape index (κ3) is 4.47. The molecule has 1 saturated heterocycles. The Morgan fingerprint density at radius 1 is 1.07 bits per heavy atom. The molecule has 1 aliphatic rings. The van der Waals surface area contributed by atoms with Crippen molar-refractivity contribution in [2.24, 2.45) is 0 Å².